The summed E-state index contributed by atoms with van der Waals surface area (Å²) in [5.74, 6) is 0.182. The first kappa shape index (κ1) is 13.9. The minimum Gasteiger partial charge on any atom is -0.399 e. The average molecular weight is 261 g/mol. The maximum Gasteiger partial charge on any atom is 0.219 e. The minimum absolute atomic E-state index is 0.182. The Morgan fingerprint density at radius 2 is 2.05 bits per heavy atom. The van der Waals surface area contributed by atoms with Crippen LogP contribution in [-0.2, 0) is 11.3 Å². The number of carbonyl (C=O) groups excluding carboxylic acids is 1. The molecule has 4 nitrogen and oxygen atoms in total. The van der Waals surface area contributed by atoms with Crippen molar-refractivity contribution in [2.75, 3.05) is 31.9 Å². The van der Waals surface area contributed by atoms with Crippen LogP contribution >= 0.6 is 0 Å². The summed E-state index contributed by atoms with van der Waals surface area (Å²) in [4.78, 5) is 15.8. The molecule has 0 aliphatic carbocycles. The van der Waals surface area contributed by atoms with E-state index in [0.29, 0.717) is 0 Å². The molecule has 0 atom stereocenters. The van der Waals surface area contributed by atoms with Crippen molar-refractivity contribution in [2.24, 2.45) is 0 Å². The Morgan fingerprint density at radius 1 is 1.26 bits per heavy atom. The zero-order valence-electron chi connectivity index (χ0n) is 11.9. The van der Waals surface area contributed by atoms with Gasteiger partial charge in [-0.2, -0.15) is 0 Å². The summed E-state index contributed by atoms with van der Waals surface area (Å²) < 4.78 is 0. The first-order valence-corrected chi connectivity index (χ1v) is 6.90. The molecule has 0 aromatic heterocycles. The van der Waals surface area contributed by atoms with Gasteiger partial charge in [0.25, 0.3) is 0 Å². The standard InChI is InChI=1S/C15H23N3O/c1-12-14(5-3-6-15(12)16)11-17-7-4-8-18(10-9-17)13(2)19/h3,5-6H,4,7-11,16H2,1-2H3. The van der Waals surface area contributed by atoms with Crippen molar-refractivity contribution in [3.63, 3.8) is 0 Å². The Labute approximate surface area is 115 Å². The highest BCUT2D eigenvalue weighted by molar-refractivity contribution is 5.73. The third kappa shape index (κ3) is 3.47. The predicted molar refractivity (Wildman–Crippen MR) is 77.7 cm³/mol. The molecule has 1 saturated heterocycles. The molecular formula is C15H23N3O. The van der Waals surface area contributed by atoms with E-state index in [2.05, 4.69) is 17.9 Å². The van der Waals surface area contributed by atoms with Gasteiger partial charge >= 0.3 is 0 Å². The second-order valence-electron chi connectivity index (χ2n) is 5.27. The van der Waals surface area contributed by atoms with Gasteiger partial charge < -0.3 is 10.6 Å². The van der Waals surface area contributed by atoms with Gasteiger partial charge in [-0.15, -0.1) is 0 Å². The van der Waals surface area contributed by atoms with Crippen molar-refractivity contribution in [3.05, 3.63) is 29.3 Å². The molecule has 1 aromatic carbocycles. The zero-order chi connectivity index (χ0) is 13.8. The van der Waals surface area contributed by atoms with E-state index in [4.69, 9.17) is 5.73 Å². The lowest BCUT2D eigenvalue weighted by molar-refractivity contribution is -0.128. The molecule has 1 aromatic rings. The van der Waals surface area contributed by atoms with E-state index in [1.54, 1.807) is 6.92 Å². The number of rotatable bonds is 2. The van der Waals surface area contributed by atoms with Gasteiger partial charge in [0.05, 0.1) is 0 Å². The van der Waals surface area contributed by atoms with Crippen LogP contribution < -0.4 is 5.73 Å². The van der Waals surface area contributed by atoms with Crippen molar-refractivity contribution in [1.29, 1.82) is 0 Å². The Kier molecular flexibility index (Phi) is 4.43. The van der Waals surface area contributed by atoms with Crippen LogP contribution in [0, 0.1) is 6.92 Å². The molecule has 1 heterocycles. The van der Waals surface area contributed by atoms with E-state index in [1.165, 1.54) is 11.1 Å². The van der Waals surface area contributed by atoms with Crippen LogP contribution in [0.3, 0.4) is 0 Å². The van der Waals surface area contributed by atoms with E-state index < -0.39 is 0 Å². The number of nitrogens with zero attached hydrogens (tertiary/aromatic N) is 2. The number of carbonyl (C=O) groups is 1. The lowest BCUT2D eigenvalue weighted by Gasteiger charge is -2.22. The fraction of sp³-hybridized carbons (Fsp3) is 0.533. The quantitative estimate of drug-likeness (QED) is 0.823. The van der Waals surface area contributed by atoms with Gasteiger partial charge in [0.15, 0.2) is 0 Å². The molecule has 0 saturated carbocycles. The molecule has 19 heavy (non-hydrogen) atoms. The summed E-state index contributed by atoms with van der Waals surface area (Å²) in [7, 11) is 0. The molecule has 0 spiro atoms. The van der Waals surface area contributed by atoms with Gasteiger partial charge in [0, 0.05) is 45.3 Å². The first-order valence-electron chi connectivity index (χ1n) is 6.90. The summed E-state index contributed by atoms with van der Waals surface area (Å²) in [6, 6.07) is 6.09. The number of nitrogens with two attached hydrogens (primary N) is 1. The zero-order valence-corrected chi connectivity index (χ0v) is 11.9. The number of amides is 1. The molecule has 1 amide bonds. The van der Waals surface area contributed by atoms with Crippen LogP contribution in [0.1, 0.15) is 24.5 Å². The van der Waals surface area contributed by atoms with Crippen LogP contribution in [-0.4, -0.2) is 41.9 Å². The summed E-state index contributed by atoms with van der Waals surface area (Å²) in [6.45, 7) is 8.33. The monoisotopic (exact) mass is 261 g/mol. The third-order valence-electron chi connectivity index (χ3n) is 3.92. The predicted octanol–water partition coefficient (Wildman–Crippen LogP) is 1.63. The fourth-order valence-corrected chi connectivity index (χ4v) is 2.56. The second kappa shape index (κ2) is 6.06. The Morgan fingerprint density at radius 3 is 2.79 bits per heavy atom. The molecule has 0 radical (unpaired) electrons. The lowest BCUT2D eigenvalue weighted by Crippen LogP contribution is -2.33. The lowest BCUT2D eigenvalue weighted by atomic mass is 10.1. The summed E-state index contributed by atoms with van der Waals surface area (Å²) in [5.41, 5.74) is 9.27. The number of hydrogen-bond donors (Lipinski definition) is 1. The SMILES string of the molecule is CC(=O)N1CCCN(Cc2cccc(N)c2C)CC1. The Bertz CT molecular complexity index is 459. The van der Waals surface area contributed by atoms with Crippen molar-refractivity contribution < 1.29 is 4.79 Å². The van der Waals surface area contributed by atoms with E-state index in [1.807, 2.05) is 17.0 Å². The smallest absolute Gasteiger partial charge is 0.219 e. The number of nitrogen functional groups attached to an aromatic ring is 1. The van der Waals surface area contributed by atoms with E-state index in [9.17, 15) is 4.79 Å². The van der Waals surface area contributed by atoms with Crippen LogP contribution in [0.2, 0.25) is 0 Å². The molecule has 0 unspecified atom stereocenters. The average Bonchev–Trinajstić information content (AvgIpc) is 2.60. The highest BCUT2D eigenvalue weighted by Gasteiger charge is 2.17. The van der Waals surface area contributed by atoms with Gasteiger partial charge in [-0.3, -0.25) is 9.69 Å². The highest BCUT2D eigenvalue weighted by Crippen LogP contribution is 2.18. The number of benzene rings is 1. The van der Waals surface area contributed by atoms with E-state index >= 15 is 0 Å². The molecule has 104 valence electrons. The molecule has 0 bridgehead atoms. The van der Waals surface area contributed by atoms with Crippen molar-refractivity contribution >= 4 is 11.6 Å². The molecule has 1 aliphatic rings. The molecule has 2 N–H and O–H groups in total. The van der Waals surface area contributed by atoms with Crippen LogP contribution in [0.4, 0.5) is 5.69 Å². The normalized spacial score (nSPS) is 17.3. The van der Waals surface area contributed by atoms with Crippen LogP contribution in [0.15, 0.2) is 18.2 Å². The molecule has 2 rings (SSSR count). The Balaban J connectivity index is 2.00. The third-order valence-corrected chi connectivity index (χ3v) is 3.92. The van der Waals surface area contributed by atoms with Gasteiger partial charge in [0.1, 0.15) is 0 Å². The highest BCUT2D eigenvalue weighted by atomic mass is 16.2. The molecule has 1 aliphatic heterocycles. The largest absolute Gasteiger partial charge is 0.399 e. The van der Waals surface area contributed by atoms with Crippen molar-refractivity contribution in [2.45, 2.75) is 26.8 Å². The molecule has 1 fully saturated rings. The van der Waals surface area contributed by atoms with Crippen molar-refractivity contribution in [1.82, 2.24) is 9.80 Å². The van der Waals surface area contributed by atoms with Gasteiger partial charge in [-0.1, -0.05) is 12.1 Å². The second-order valence-corrected chi connectivity index (χ2v) is 5.27. The van der Waals surface area contributed by atoms with Gasteiger partial charge in [0.2, 0.25) is 5.91 Å². The Hall–Kier alpha value is -1.55. The fourth-order valence-electron chi connectivity index (χ4n) is 2.56. The van der Waals surface area contributed by atoms with Crippen LogP contribution in [0.25, 0.3) is 0 Å². The van der Waals surface area contributed by atoms with Crippen molar-refractivity contribution in [3.8, 4) is 0 Å². The maximum absolute atomic E-state index is 11.4. The summed E-state index contributed by atoms with van der Waals surface area (Å²) in [5, 5.41) is 0. The molecular weight excluding hydrogens is 238 g/mol. The topological polar surface area (TPSA) is 49.6 Å². The van der Waals surface area contributed by atoms with E-state index in [0.717, 1.165) is 44.8 Å². The number of hydrogen-bond acceptors (Lipinski definition) is 3. The first-order chi connectivity index (χ1) is 9.08. The molecule has 4 heteroatoms. The summed E-state index contributed by atoms with van der Waals surface area (Å²) >= 11 is 0. The van der Waals surface area contributed by atoms with Gasteiger partial charge in [-0.05, 0) is 30.5 Å². The maximum atomic E-state index is 11.4. The van der Waals surface area contributed by atoms with Crippen LogP contribution in [0.5, 0.6) is 0 Å². The van der Waals surface area contributed by atoms with E-state index in [-0.39, 0.29) is 5.91 Å². The number of anilines is 1. The van der Waals surface area contributed by atoms with Gasteiger partial charge in [-0.25, -0.2) is 0 Å². The summed E-state index contributed by atoms with van der Waals surface area (Å²) in [6.07, 6.45) is 1.04. The minimum atomic E-state index is 0.182.